The van der Waals surface area contributed by atoms with Gasteiger partial charge in [-0.3, -0.25) is 4.90 Å². The van der Waals surface area contributed by atoms with E-state index in [1.165, 1.54) is 12.8 Å². The van der Waals surface area contributed by atoms with E-state index in [0.717, 1.165) is 43.6 Å². The third-order valence-electron chi connectivity index (χ3n) is 3.70. The molecule has 1 atom stereocenters. The van der Waals surface area contributed by atoms with Gasteiger partial charge in [0.15, 0.2) is 0 Å². The number of hydrogen-bond donors (Lipinski definition) is 1. The minimum absolute atomic E-state index is 0.461. The van der Waals surface area contributed by atoms with Crippen LogP contribution in [-0.2, 0) is 0 Å². The number of rotatable bonds is 5. The standard InChI is InChI=1S/C15H26N2O/c1-12(2)4-6-14(15-7-5-13(3)18-15)17-10-8-16-9-11-17/h5,7,12,14,16H,4,6,8-11H2,1-3H3/t14-/m1/s1. The third-order valence-corrected chi connectivity index (χ3v) is 3.70. The Labute approximate surface area is 111 Å². The van der Waals surface area contributed by atoms with Crippen LogP contribution < -0.4 is 5.32 Å². The molecule has 0 radical (unpaired) electrons. The van der Waals surface area contributed by atoms with Crippen LogP contribution in [0.1, 0.15) is 44.3 Å². The molecule has 2 rings (SSSR count). The Hall–Kier alpha value is -0.800. The molecule has 0 spiro atoms. The second-order valence-electron chi connectivity index (χ2n) is 5.72. The lowest BCUT2D eigenvalue weighted by Gasteiger charge is -2.34. The molecule has 1 saturated heterocycles. The van der Waals surface area contributed by atoms with Crippen LogP contribution in [0, 0.1) is 12.8 Å². The molecular weight excluding hydrogens is 224 g/mol. The molecule has 3 nitrogen and oxygen atoms in total. The summed E-state index contributed by atoms with van der Waals surface area (Å²) >= 11 is 0. The summed E-state index contributed by atoms with van der Waals surface area (Å²) in [5, 5.41) is 3.42. The fraction of sp³-hybridized carbons (Fsp3) is 0.733. The molecule has 0 aliphatic carbocycles. The van der Waals surface area contributed by atoms with E-state index in [9.17, 15) is 0 Å². The van der Waals surface area contributed by atoms with E-state index in [2.05, 4.69) is 36.2 Å². The summed E-state index contributed by atoms with van der Waals surface area (Å²) in [5.74, 6) is 2.93. The largest absolute Gasteiger partial charge is 0.465 e. The fourth-order valence-corrected chi connectivity index (χ4v) is 2.62. The van der Waals surface area contributed by atoms with Crippen LogP contribution in [-0.4, -0.2) is 31.1 Å². The van der Waals surface area contributed by atoms with Crippen LogP contribution in [0.3, 0.4) is 0 Å². The summed E-state index contributed by atoms with van der Waals surface area (Å²) in [6.07, 6.45) is 2.46. The first-order chi connectivity index (χ1) is 8.66. The number of aryl methyl sites for hydroxylation is 1. The van der Waals surface area contributed by atoms with Crippen LogP contribution in [0.25, 0.3) is 0 Å². The van der Waals surface area contributed by atoms with Crippen molar-refractivity contribution in [3.8, 4) is 0 Å². The minimum atomic E-state index is 0.461. The molecule has 0 bridgehead atoms. The maximum atomic E-state index is 5.87. The molecule has 3 heteroatoms. The maximum absolute atomic E-state index is 5.87. The van der Waals surface area contributed by atoms with Gasteiger partial charge in [0.1, 0.15) is 11.5 Å². The summed E-state index contributed by atoms with van der Waals surface area (Å²) in [7, 11) is 0. The highest BCUT2D eigenvalue weighted by Gasteiger charge is 2.24. The highest BCUT2D eigenvalue weighted by Crippen LogP contribution is 2.29. The second-order valence-corrected chi connectivity index (χ2v) is 5.72. The molecule has 0 unspecified atom stereocenters. The first kappa shape index (κ1) is 13.6. The highest BCUT2D eigenvalue weighted by molar-refractivity contribution is 5.10. The Bertz CT molecular complexity index is 353. The van der Waals surface area contributed by atoms with Crippen molar-refractivity contribution >= 4 is 0 Å². The van der Waals surface area contributed by atoms with Gasteiger partial charge in [0.25, 0.3) is 0 Å². The summed E-state index contributed by atoms with van der Waals surface area (Å²) in [5.41, 5.74) is 0. The third kappa shape index (κ3) is 3.59. The number of furan rings is 1. The van der Waals surface area contributed by atoms with E-state index in [-0.39, 0.29) is 0 Å². The van der Waals surface area contributed by atoms with E-state index in [4.69, 9.17) is 4.42 Å². The lowest BCUT2D eigenvalue weighted by Crippen LogP contribution is -2.45. The normalized spacial score (nSPS) is 19.3. The zero-order chi connectivity index (χ0) is 13.0. The molecule has 18 heavy (non-hydrogen) atoms. The van der Waals surface area contributed by atoms with Gasteiger partial charge >= 0.3 is 0 Å². The van der Waals surface area contributed by atoms with Gasteiger partial charge in [-0.2, -0.15) is 0 Å². The van der Waals surface area contributed by atoms with Gasteiger partial charge in [0, 0.05) is 26.2 Å². The van der Waals surface area contributed by atoms with Crippen molar-refractivity contribution in [1.82, 2.24) is 10.2 Å². The van der Waals surface area contributed by atoms with Gasteiger partial charge in [-0.15, -0.1) is 0 Å². The Morgan fingerprint density at radius 3 is 2.50 bits per heavy atom. The van der Waals surface area contributed by atoms with Crippen molar-refractivity contribution < 1.29 is 4.42 Å². The smallest absolute Gasteiger partial charge is 0.121 e. The van der Waals surface area contributed by atoms with Crippen LogP contribution >= 0.6 is 0 Å². The monoisotopic (exact) mass is 250 g/mol. The van der Waals surface area contributed by atoms with Crippen LogP contribution in [0.2, 0.25) is 0 Å². The molecule has 0 aromatic carbocycles. The lowest BCUT2D eigenvalue weighted by molar-refractivity contribution is 0.140. The Morgan fingerprint density at radius 1 is 1.22 bits per heavy atom. The molecule has 1 aromatic heterocycles. The maximum Gasteiger partial charge on any atom is 0.121 e. The van der Waals surface area contributed by atoms with Crippen molar-refractivity contribution in [3.05, 3.63) is 23.7 Å². The molecule has 0 saturated carbocycles. The Morgan fingerprint density at radius 2 is 1.94 bits per heavy atom. The summed E-state index contributed by atoms with van der Waals surface area (Å²) in [6.45, 7) is 11.1. The molecular formula is C15H26N2O. The summed E-state index contributed by atoms with van der Waals surface area (Å²) in [6, 6.07) is 4.70. The summed E-state index contributed by atoms with van der Waals surface area (Å²) < 4.78 is 5.87. The van der Waals surface area contributed by atoms with Gasteiger partial charge in [-0.1, -0.05) is 13.8 Å². The van der Waals surface area contributed by atoms with Crippen molar-refractivity contribution in [1.29, 1.82) is 0 Å². The van der Waals surface area contributed by atoms with Gasteiger partial charge in [0.2, 0.25) is 0 Å². The fourth-order valence-electron chi connectivity index (χ4n) is 2.62. The summed E-state index contributed by atoms with van der Waals surface area (Å²) in [4.78, 5) is 2.57. The van der Waals surface area contributed by atoms with Crippen molar-refractivity contribution in [2.75, 3.05) is 26.2 Å². The average molecular weight is 250 g/mol. The van der Waals surface area contributed by atoms with Crippen molar-refractivity contribution in [2.24, 2.45) is 5.92 Å². The number of nitrogens with one attached hydrogen (secondary N) is 1. The number of piperazine rings is 1. The van der Waals surface area contributed by atoms with Gasteiger partial charge in [0.05, 0.1) is 6.04 Å². The molecule has 1 aliphatic heterocycles. The molecule has 1 fully saturated rings. The molecule has 2 heterocycles. The topological polar surface area (TPSA) is 28.4 Å². The molecule has 102 valence electrons. The molecule has 1 aliphatic rings. The predicted molar refractivity (Wildman–Crippen MR) is 74.7 cm³/mol. The Balaban J connectivity index is 2.06. The Kier molecular flexibility index (Phi) is 4.84. The average Bonchev–Trinajstić information content (AvgIpc) is 2.77. The van der Waals surface area contributed by atoms with Crippen molar-refractivity contribution in [3.63, 3.8) is 0 Å². The molecule has 1 N–H and O–H groups in total. The van der Waals surface area contributed by atoms with E-state index in [1.807, 2.05) is 6.92 Å². The minimum Gasteiger partial charge on any atom is -0.465 e. The van der Waals surface area contributed by atoms with E-state index in [1.54, 1.807) is 0 Å². The van der Waals surface area contributed by atoms with E-state index in [0.29, 0.717) is 6.04 Å². The van der Waals surface area contributed by atoms with Crippen LogP contribution in [0.5, 0.6) is 0 Å². The molecule has 0 amide bonds. The predicted octanol–water partition coefficient (Wildman–Crippen LogP) is 2.97. The van der Waals surface area contributed by atoms with Gasteiger partial charge < -0.3 is 9.73 Å². The van der Waals surface area contributed by atoms with Gasteiger partial charge in [-0.25, -0.2) is 0 Å². The van der Waals surface area contributed by atoms with Crippen LogP contribution in [0.4, 0.5) is 0 Å². The first-order valence-corrected chi connectivity index (χ1v) is 7.18. The van der Waals surface area contributed by atoms with Crippen LogP contribution in [0.15, 0.2) is 16.5 Å². The quantitative estimate of drug-likeness (QED) is 0.871. The van der Waals surface area contributed by atoms with Gasteiger partial charge in [-0.05, 0) is 37.8 Å². The lowest BCUT2D eigenvalue weighted by atomic mass is 10.00. The second kappa shape index (κ2) is 6.39. The first-order valence-electron chi connectivity index (χ1n) is 7.18. The van der Waals surface area contributed by atoms with Crippen molar-refractivity contribution in [2.45, 2.75) is 39.7 Å². The highest BCUT2D eigenvalue weighted by atomic mass is 16.3. The zero-order valence-corrected chi connectivity index (χ0v) is 11.9. The molecule has 1 aromatic rings. The number of hydrogen-bond acceptors (Lipinski definition) is 3. The van der Waals surface area contributed by atoms with E-state index < -0.39 is 0 Å². The zero-order valence-electron chi connectivity index (χ0n) is 11.9. The SMILES string of the molecule is Cc1ccc([C@@H](CCC(C)C)N2CCNCC2)o1. The van der Waals surface area contributed by atoms with E-state index >= 15 is 0 Å². The number of nitrogens with zero attached hydrogens (tertiary/aromatic N) is 1.